The molecule has 210 valence electrons. The third-order valence-corrected chi connectivity index (χ3v) is 8.24. The Hall–Kier alpha value is -5.74. The zero-order valence-corrected chi connectivity index (χ0v) is 24.2. The molecule has 2 aliphatic heterocycles. The maximum absolute atomic E-state index is 5.07. The van der Waals surface area contributed by atoms with Gasteiger partial charge < -0.3 is 9.80 Å². The van der Waals surface area contributed by atoms with Crippen LogP contribution in [0.5, 0.6) is 0 Å². The van der Waals surface area contributed by atoms with E-state index < -0.39 is 0 Å². The molecule has 4 heteroatoms. The van der Waals surface area contributed by atoms with Crippen LogP contribution in [0.4, 0.5) is 22.7 Å². The first-order chi connectivity index (χ1) is 21.8. The Bertz CT molecular complexity index is 1880. The fourth-order valence-electron chi connectivity index (χ4n) is 6.30. The summed E-state index contributed by atoms with van der Waals surface area (Å²) in [7, 11) is 0. The monoisotopic (exact) mass is 566 g/mol. The molecule has 0 saturated heterocycles. The highest BCUT2D eigenvalue weighted by atomic mass is 15.2. The Labute approximate surface area is 257 Å². The molecule has 4 heterocycles. The number of para-hydroxylation sites is 4. The molecule has 44 heavy (non-hydrogen) atoms. The largest absolute Gasteiger partial charge is 0.314 e. The molecule has 0 spiro atoms. The first kappa shape index (κ1) is 25.9. The van der Waals surface area contributed by atoms with Crippen LogP contribution >= 0.6 is 0 Å². The third kappa shape index (κ3) is 4.87. The zero-order valence-electron chi connectivity index (χ0n) is 24.2. The van der Waals surface area contributed by atoms with Crippen LogP contribution in [0.25, 0.3) is 23.5 Å². The fraction of sp³-hybridized carbons (Fsp3) is 0.0500. The predicted octanol–water partition coefficient (Wildman–Crippen LogP) is 9.61. The molecule has 0 amide bonds. The second-order valence-corrected chi connectivity index (χ2v) is 11.1. The number of rotatable bonds is 5. The maximum atomic E-state index is 5.07. The van der Waals surface area contributed by atoms with E-state index in [0.29, 0.717) is 0 Å². The zero-order chi connectivity index (χ0) is 29.3. The van der Waals surface area contributed by atoms with Crippen molar-refractivity contribution in [1.82, 2.24) is 9.97 Å². The van der Waals surface area contributed by atoms with E-state index in [1.807, 2.05) is 12.1 Å². The predicted molar refractivity (Wildman–Crippen MR) is 181 cm³/mol. The minimum atomic E-state index is 0.857. The molecule has 0 fully saturated rings. The van der Waals surface area contributed by atoms with Gasteiger partial charge in [0.2, 0.25) is 0 Å². The topological polar surface area (TPSA) is 32.3 Å². The van der Waals surface area contributed by atoms with Crippen molar-refractivity contribution in [2.45, 2.75) is 12.8 Å². The molecule has 0 aliphatic carbocycles. The van der Waals surface area contributed by atoms with Crippen LogP contribution in [-0.2, 0) is 12.8 Å². The molecular formula is C40H30N4. The van der Waals surface area contributed by atoms with Crippen LogP contribution in [-0.4, -0.2) is 9.97 Å². The van der Waals surface area contributed by atoms with Crippen molar-refractivity contribution in [3.05, 3.63) is 180 Å². The molecule has 0 unspecified atom stereocenters. The summed E-state index contributed by atoms with van der Waals surface area (Å²) in [5.74, 6) is 0. The van der Waals surface area contributed by atoms with Crippen LogP contribution in [0, 0.1) is 0 Å². The van der Waals surface area contributed by atoms with E-state index in [1.165, 1.54) is 33.9 Å². The van der Waals surface area contributed by atoms with Crippen molar-refractivity contribution in [3.63, 3.8) is 0 Å². The summed E-state index contributed by atoms with van der Waals surface area (Å²) >= 11 is 0. The van der Waals surface area contributed by atoms with Gasteiger partial charge in [0.25, 0.3) is 0 Å². The highest BCUT2D eigenvalue weighted by molar-refractivity contribution is 5.81. The van der Waals surface area contributed by atoms with Crippen molar-refractivity contribution >= 4 is 34.9 Å². The summed E-state index contributed by atoms with van der Waals surface area (Å²) in [5, 5.41) is 0. The fourth-order valence-corrected chi connectivity index (χ4v) is 6.30. The quantitative estimate of drug-likeness (QED) is 0.208. The number of anilines is 4. The number of aromatic nitrogens is 2. The molecule has 6 aromatic rings. The second kappa shape index (κ2) is 11.2. The molecule has 0 bridgehead atoms. The lowest BCUT2D eigenvalue weighted by Gasteiger charge is -2.22. The van der Waals surface area contributed by atoms with Crippen molar-refractivity contribution in [2.24, 2.45) is 0 Å². The van der Waals surface area contributed by atoms with Crippen LogP contribution in [0.1, 0.15) is 22.5 Å². The summed E-state index contributed by atoms with van der Waals surface area (Å²) in [5.41, 5.74) is 13.3. The number of benzene rings is 4. The van der Waals surface area contributed by atoms with Crippen molar-refractivity contribution in [1.29, 1.82) is 0 Å². The smallest absolute Gasteiger partial charge is 0.0893 e. The normalized spacial score (nSPS) is 15.5. The van der Waals surface area contributed by atoms with Crippen LogP contribution < -0.4 is 9.80 Å². The van der Waals surface area contributed by atoms with Gasteiger partial charge in [-0.3, -0.25) is 0 Å². The number of hydrogen-bond donors (Lipinski definition) is 0. The Morgan fingerprint density at radius 2 is 0.818 bits per heavy atom. The lowest BCUT2D eigenvalue weighted by Crippen LogP contribution is -2.11. The van der Waals surface area contributed by atoms with Gasteiger partial charge in [-0.1, -0.05) is 84.9 Å². The van der Waals surface area contributed by atoms with Crippen molar-refractivity contribution in [2.75, 3.05) is 9.80 Å². The molecule has 0 atom stereocenters. The summed E-state index contributed by atoms with van der Waals surface area (Å²) in [6.07, 6.45) is 6.13. The minimum Gasteiger partial charge on any atom is -0.314 e. The average Bonchev–Trinajstić information content (AvgIpc) is 3.63. The lowest BCUT2D eigenvalue weighted by molar-refractivity contribution is 1.15. The number of pyridine rings is 2. The number of nitrogens with zero attached hydrogens (tertiary/aromatic N) is 4. The van der Waals surface area contributed by atoms with Gasteiger partial charge >= 0.3 is 0 Å². The molecule has 4 nitrogen and oxygen atoms in total. The minimum absolute atomic E-state index is 0.857. The van der Waals surface area contributed by atoms with E-state index in [4.69, 9.17) is 9.97 Å². The number of hydrogen-bond acceptors (Lipinski definition) is 4. The molecule has 2 aromatic heterocycles. The lowest BCUT2D eigenvalue weighted by atomic mass is 10.1. The highest BCUT2D eigenvalue weighted by Crippen LogP contribution is 2.42. The molecule has 0 radical (unpaired) electrons. The molecule has 0 saturated carbocycles. The van der Waals surface area contributed by atoms with Crippen LogP contribution in [0.2, 0.25) is 0 Å². The summed E-state index contributed by atoms with van der Waals surface area (Å²) in [6, 6.07) is 50.7. The third-order valence-electron chi connectivity index (χ3n) is 8.24. The van der Waals surface area contributed by atoms with Gasteiger partial charge in [-0.15, -0.1) is 0 Å². The first-order valence-corrected chi connectivity index (χ1v) is 15.0. The summed E-state index contributed by atoms with van der Waals surface area (Å²) in [4.78, 5) is 14.8. The molecule has 2 aliphatic rings. The van der Waals surface area contributed by atoms with Crippen molar-refractivity contribution in [3.8, 4) is 11.4 Å². The second-order valence-electron chi connectivity index (χ2n) is 11.1. The van der Waals surface area contributed by atoms with E-state index in [9.17, 15) is 0 Å². The Kier molecular flexibility index (Phi) is 6.58. The van der Waals surface area contributed by atoms with Gasteiger partial charge in [0.15, 0.2) is 0 Å². The number of allylic oxidation sites excluding steroid dienone is 2. The Morgan fingerprint density at radius 1 is 0.409 bits per heavy atom. The molecule has 0 N–H and O–H groups in total. The van der Waals surface area contributed by atoms with Crippen LogP contribution in [0.3, 0.4) is 0 Å². The van der Waals surface area contributed by atoms with Gasteiger partial charge in [-0.25, -0.2) is 9.97 Å². The molecule has 4 aromatic carbocycles. The first-order valence-electron chi connectivity index (χ1n) is 15.0. The van der Waals surface area contributed by atoms with E-state index >= 15 is 0 Å². The van der Waals surface area contributed by atoms with E-state index in [1.54, 1.807) is 0 Å². The summed E-state index contributed by atoms with van der Waals surface area (Å²) in [6.45, 7) is 0. The van der Waals surface area contributed by atoms with Gasteiger partial charge in [0.05, 0.1) is 22.8 Å². The van der Waals surface area contributed by atoms with E-state index in [0.717, 1.165) is 47.0 Å². The van der Waals surface area contributed by atoms with Gasteiger partial charge in [0.1, 0.15) is 0 Å². The summed E-state index contributed by atoms with van der Waals surface area (Å²) < 4.78 is 0. The Balaban J connectivity index is 1.13. The standard InChI is InChI=1S/C40H30N4/c1-3-17-33(18-4-1)43-35(25-29-13-7-9-23-39(29)43)27-31-15-11-21-37(41-31)38-22-12-16-32(42-38)28-36-26-30-14-8-10-24-40(30)44(36)34-19-5-2-6-20-34/h1-24,27-28H,25-26H2/b35-27+,36-28+. The van der Waals surface area contributed by atoms with Crippen LogP contribution in [0.15, 0.2) is 157 Å². The van der Waals surface area contributed by atoms with Gasteiger partial charge in [0, 0.05) is 47.0 Å². The molecule has 8 rings (SSSR count). The van der Waals surface area contributed by atoms with E-state index in [2.05, 4.69) is 155 Å². The Morgan fingerprint density at radius 3 is 1.27 bits per heavy atom. The van der Waals surface area contributed by atoms with Gasteiger partial charge in [-0.2, -0.15) is 0 Å². The highest BCUT2D eigenvalue weighted by Gasteiger charge is 2.26. The average molecular weight is 567 g/mol. The maximum Gasteiger partial charge on any atom is 0.0893 e. The van der Waals surface area contributed by atoms with E-state index in [-0.39, 0.29) is 0 Å². The van der Waals surface area contributed by atoms with Gasteiger partial charge in [-0.05, 0) is 83.9 Å². The van der Waals surface area contributed by atoms with Crippen molar-refractivity contribution < 1.29 is 0 Å². The molecular weight excluding hydrogens is 536 g/mol. The SMILES string of the molecule is C(=C1/Cc2ccccc2N1c1ccccc1)/c1cccc(-c2cccc(/C=C3\Cc4ccccc4N3c3ccccc3)n2)n1. The number of fused-ring (bicyclic) bond motifs is 2.